The molecule has 0 bridgehead atoms. The molecule has 0 fully saturated rings. The molecule has 1 aromatic rings. The second-order valence-electron chi connectivity index (χ2n) is 3.51. The highest BCUT2D eigenvalue weighted by Crippen LogP contribution is 2.21. The largest absolute Gasteiger partial charge is 0.392 e. The van der Waals surface area contributed by atoms with Crippen LogP contribution in [0.15, 0.2) is 32.9 Å². The number of azide groups is 1. The number of hydrogen-bond acceptors (Lipinski definition) is 3. The van der Waals surface area contributed by atoms with E-state index < -0.39 is 0 Å². The van der Waals surface area contributed by atoms with Crippen molar-refractivity contribution in [2.75, 3.05) is 6.54 Å². The maximum atomic E-state index is 13.3. The van der Waals surface area contributed by atoms with Crippen LogP contribution in [0.4, 0.5) is 4.39 Å². The van der Waals surface area contributed by atoms with Crippen LogP contribution in [-0.2, 0) is 4.84 Å². The van der Waals surface area contributed by atoms with Crippen LogP contribution in [-0.4, -0.2) is 18.4 Å². The first-order valence-corrected chi connectivity index (χ1v) is 5.69. The Hall–Kier alpha value is -1.59. The molecule has 0 saturated heterocycles. The molecule has 0 amide bonds. The smallest absolute Gasteiger partial charge is 0.138 e. The van der Waals surface area contributed by atoms with Gasteiger partial charge < -0.3 is 4.84 Å². The summed E-state index contributed by atoms with van der Waals surface area (Å²) in [5.74, 6) is -0.344. The van der Waals surface area contributed by atoms with Crippen molar-refractivity contribution in [3.63, 3.8) is 0 Å². The first-order valence-electron chi connectivity index (χ1n) is 4.89. The zero-order valence-corrected chi connectivity index (χ0v) is 10.3. The van der Waals surface area contributed by atoms with Gasteiger partial charge in [0.1, 0.15) is 11.9 Å². The summed E-state index contributed by atoms with van der Waals surface area (Å²) in [4.78, 5) is 7.73. The minimum Gasteiger partial charge on any atom is -0.392 e. The highest BCUT2D eigenvalue weighted by molar-refractivity contribution is 9.10. The lowest BCUT2D eigenvalue weighted by Gasteiger charge is -2.02. The quantitative estimate of drug-likeness (QED) is 0.479. The van der Waals surface area contributed by atoms with E-state index >= 15 is 0 Å². The molecule has 88 valence electrons. The van der Waals surface area contributed by atoms with Gasteiger partial charge >= 0.3 is 0 Å². The van der Waals surface area contributed by atoms with Crippen molar-refractivity contribution in [3.8, 4) is 0 Å². The third kappa shape index (κ3) is 2.75. The number of hydrogen-bond donors (Lipinski definition) is 0. The van der Waals surface area contributed by atoms with Crippen LogP contribution in [0.3, 0.4) is 0 Å². The number of halogens is 2. The lowest BCUT2D eigenvalue weighted by molar-refractivity contribution is 0.0919. The van der Waals surface area contributed by atoms with Crippen molar-refractivity contribution in [2.45, 2.75) is 12.5 Å². The molecule has 1 aliphatic rings. The van der Waals surface area contributed by atoms with Crippen molar-refractivity contribution >= 4 is 21.6 Å². The maximum Gasteiger partial charge on any atom is 0.138 e. The lowest BCUT2D eigenvalue weighted by atomic mass is 10.1. The van der Waals surface area contributed by atoms with E-state index in [2.05, 4.69) is 31.1 Å². The van der Waals surface area contributed by atoms with E-state index in [0.717, 1.165) is 0 Å². The Bertz CT molecular complexity index is 513. The van der Waals surface area contributed by atoms with Crippen LogP contribution in [0, 0.1) is 5.82 Å². The van der Waals surface area contributed by atoms with Crippen LogP contribution in [0.1, 0.15) is 12.0 Å². The van der Waals surface area contributed by atoms with Gasteiger partial charge in [0.2, 0.25) is 0 Å². The number of rotatable bonds is 3. The molecule has 5 nitrogen and oxygen atoms in total. The van der Waals surface area contributed by atoms with E-state index in [1.807, 2.05) is 0 Å². The number of benzene rings is 1. The van der Waals surface area contributed by atoms with Crippen molar-refractivity contribution in [1.82, 2.24) is 0 Å². The van der Waals surface area contributed by atoms with E-state index in [4.69, 9.17) is 10.4 Å². The van der Waals surface area contributed by atoms with E-state index in [0.29, 0.717) is 22.2 Å². The zero-order valence-electron chi connectivity index (χ0n) is 8.68. The second-order valence-corrected chi connectivity index (χ2v) is 4.37. The SMILES string of the molecule is [N-]=[N+]=NCC1CC(c2ccc(Br)c(F)c2)=NO1. The summed E-state index contributed by atoms with van der Waals surface area (Å²) in [7, 11) is 0. The Kier molecular flexibility index (Phi) is 3.61. The molecule has 1 atom stereocenters. The third-order valence-electron chi connectivity index (χ3n) is 2.33. The summed E-state index contributed by atoms with van der Waals surface area (Å²) in [6.07, 6.45) is 0.257. The molecule has 1 heterocycles. The molecule has 0 spiro atoms. The van der Waals surface area contributed by atoms with Gasteiger partial charge in [0, 0.05) is 16.9 Å². The average Bonchev–Trinajstić information content (AvgIpc) is 2.79. The molecule has 0 saturated carbocycles. The lowest BCUT2D eigenvalue weighted by Crippen LogP contribution is -2.11. The Balaban J connectivity index is 2.09. The molecule has 2 rings (SSSR count). The zero-order chi connectivity index (χ0) is 12.3. The Morgan fingerprint density at radius 3 is 3.18 bits per heavy atom. The summed E-state index contributed by atoms with van der Waals surface area (Å²) in [6, 6.07) is 4.77. The molecule has 0 aromatic heterocycles. The summed E-state index contributed by atoms with van der Waals surface area (Å²) in [6.45, 7) is 0.225. The number of nitrogens with zero attached hydrogens (tertiary/aromatic N) is 4. The monoisotopic (exact) mass is 298 g/mol. The van der Waals surface area contributed by atoms with E-state index in [1.54, 1.807) is 12.1 Å². The predicted octanol–water partition coefficient (Wildman–Crippen LogP) is 3.39. The van der Waals surface area contributed by atoms with Crippen LogP contribution >= 0.6 is 15.9 Å². The first-order chi connectivity index (χ1) is 8.20. The minimum atomic E-state index is -0.344. The molecule has 7 heteroatoms. The Labute approximate surface area is 105 Å². The Morgan fingerprint density at radius 2 is 2.47 bits per heavy atom. The summed E-state index contributed by atoms with van der Waals surface area (Å²) in [5, 5.41) is 7.28. The van der Waals surface area contributed by atoms with Crippen molar-refractivity contribution < 1.29 is 9.23 Å². The molecule has 17 heavy (non-hydrogen) atoms. The third-order valence-corrected chi connectivity index (χ3v) is 2.98. The molecule has 1 aliphatic heterocycles. The van der Waals surface area contributed by atoms with Gasteiger partial charge in [0.05, 0.1) is 16.7 Å². The fourth-order valence-electron chi connectivity index (χ4n) is 1.50. The Morgan fingerprint density at radius 1 is 1.65 bits per heavy atom. The topological polar surface area (TPSA) is 70.4 Å². The van der Waals surface area contributed by atoms with Gasteiger partial charge in [0.25, 0.3) is 0 Å². The van der Waals surface area contributed by atoms with Gasteiger partial charge in [-0.25, -0.2) is 4.39 Å². The maximum absolute atomic E-state index is 13.3. The predicted molar refractivity (Wildman–Crippen MR) is 64.1 cm³/mol. The van der Waals surface area contributed by atoms with E-state index in [1.165, 1.54) is 6.07 Å². The van der Waals surface area contributed by atoms with Gasteiger partial charge in [0.15, 0.2) is 0 Å². The molecular weight excluding hydrogens is 291 g/mol. The van der Waals surface area contributed by atoms with Gasteiger partial charge in [-0.1, -0.05) is 16.3 Å². The van der Waals surface area contributed by atoms with Crippen LogP contribution in [0.5, 0.6) is 0 Å². The average molecular weight is 299 g/mol. The molecule has 1 unspecified atom stereocenters. The highest BCUT2D eigenvalue weighted by atomic mass is 79.9. The summed E-state index contributed by atoms with van der Waals surface area (Å²) < 4.78 is 13.7. The fourth-order valence-corrected chi connectivity index (χ4v) is 1.75. The molecule has 0 N–H and O–H groups in total. The van der Waals surface area contributed by atoms with Crippen LogP contribution < -0.4 is 0 Å². The van der Waals surface area contributed by atoms with E-state index in [9.17, 15) is 4.39 Å². The minimum absolute atomic E-state index is 0.225. The molecule has 0 radical (unpaired) electrons. The number of oxime groups is 1. The molecule has 1 aromatic carbocycles. The second kappa shape index (κ2) is 5.16. The summed E-state index contributed by atoms with van der Waals surface area (Å²) in [5.41, 5.74) is 9.52. The normalized spacial score (nSPS) is 18.2. The van der Waals surface area contributed by atoms with Crippen LogP contribution in [0.2, 0.25) is 0 Å². The first kappa shape index (κ1) is 11.9. The van der Waals surface area contributed by atoms with Gasteiger partial charge in [-0.2, -0.15) is 0 Å². The highest BCUT2D eigenvalue weighted by Gasteiger charge is 2.21. The summed E-state index contributed by atoms with van der Waals surface area (Å²) >= 11 is 3.08. The molecule has 0 aliphatic carbocycles. The van der Waals surface area contributed by atoms with E-state index in [-0.39, 0.29) is 18.5 Å². The van der Waals surface area contributed by atoms with Crippen molar-refractivity contribution in [1.29, 1.82) is 0 Å². The van der Waals surface area contributed by atoms with Gasteiger partial charge in [-0.05, 0) is 33.6 Å². The molecular formula is C10H8BrFN4O. The van der Waals surface area contributed by atoms with Crippen LogP contribution in [0.25, 0.3) is 10.4 Å². The van der Waals surface area contributed by atoms with Gasteiger partial charge in [-0.15, -0.1) is 0 Å². The fraction of sp³-hybridized carbons (Fsp3) is 0.300. The van der Waals surface area contributed by atoms with Crippen molar-refractivity contribution in [3.05, 3.63) is 44.5 Å². The van der Waals surface area contributed by atoms with Crippen molar-refractivity contribution in [2.24, 2.45) is 10.3 Å². The standard InChI is InChI=1S/C10H8BrFN4O/c11-8-2-1-6(3-9(8)12)10-4-7(17-15-10)5-14-16-13/h1-3,7H,4-5H2. The van der Waals surface area contributed by atoms with Gasteiger partial charge in [-0.3, -0.25) is 0 Å².